The Kier molecular flexibility index (Phi) is 4.11. The number of anilines is 1. The number of benzene rings is 1. The molecule has 2 heterocycles. The molecule has 0 amide bonds. The van der Waals surface area contributed by atoms with Gasteiger partial charge in [-0.15, -0.1) is 11.3 Å². The first-order valence-electron chi connectivity index (χ1n) is 6.89. The minimum absolute atomic E-state index is 0.0187. The first kappa shape index (κ1) is 14.6. The van der Waals surface area contributed by atoms with Crippen LogP contribution in [0, 0.1) is 0 Å². The summed E-state index contributed by atoms with van der Waals surface area (Å²) in [6.45, 7) is 2.07. The zero-order valence-electron chi connectivity index (χ0n) is 12.7. The molecule has 3 aromatic rings. The number of aromatic nitrogens is 2. The normalized spacial score (nSPS) is 12.1. The highest BCUT2D eigenvalue weighted by molar-refractivity contribution is 7.17. The molecule has 3 rings (SSSR count). The van der Waals surface area contributed by atoms with E-state index in [4.69, 9.17) is 9.47 Å². The molecule has 5 nitrogen and oxygen atoms in total. The van der Waals surface area contributed by atoms with Gasteiger partial charge in [-0.25, -0.2) is 9.97 Å². The number of methoxy groups -OCH3 is 2. The highest BCUT2D eigenvalue weighted by Crippen LogP contribution is 2.33. The summed E-state index contributed by atoms with van der Waals surface area (Å²) >= 11 is 1.63. The fraction of sp³-hybridized carbons (Fsp3) is 0.250. The van der Waals surface area contributed by atoms with E-state index in [0.29, 0.717) is 0 Å². The molecule has 1 aromatic carbocycles. The molecule has 1 N–H and O–H groups in total. The van der Waals surface area contributed by atoms with Gasteiger partial charge in [-0.05, 0) is 36.6 Å². The molecule has 0 radical (unpaired) electrons. The summed E-state index contributed by atoms with van der Waals surface area (Å²) in [5.74, 6) is 2.45. The van der Waals surface area contributed by atoms with E-state index in [2.05, 4.69) is 22.2 Å². The molecule has 0 saturated heterocycles. The largest absolute Gasteiger partial charge is 0.497 e. The van der Waals surface area contributed by atoms with E-state index in [0.717, 1.165) is 33.1 Å². The summed E-state index contributed by atoms with van der Waals surface area (Å²) in [7, 11) is 3.32. The first-order chi connectivity index (χ1) is 10.7. The van der Waals surface area contributed by atoms with Crippen LogP contribution in [0.15, 0.2) is 36.0 Å². The topological polar surface area (TPSA) is 56.3 Å². The average molecular weight is 315 g/mol. The summed E-state index contributed by atoms with van der Waals surface area (Å²) in [5, 5.41) is 5.45. The second-order valence-corrected chi connectivity index (χ2v) is 5.75. The van der Waals surface area contributed by atoms with Gasteiger partial charge in [0.2, 0.25) is 0 Å². The third kappa shape index (κ3) is 2.69. The van der Waals surface area contributed by atoms with Crippen LogP contribution < -0.4 is 14.8 Å². The smallest absolute Gasteiger partial charge is 0.147 e. The SMILES string of the molecule is COc1ccc(OC)c([C@H](C)Nc2ncnc3ccsc23)c1. The lowest BCUT2D eigenvalue weighted by atomic mass is 10.1. The van der Waals surface area contributed by atoms with Crippen molar-refractivity contribution in [2.24, 2.45) is 0 Å². The van der Waals surface area contributed by atoms with Crippen molar-refractivity contribution in [1.29, 1.82) is 0 Å². The van der Waals surface area contributed by atoms with E-state index < -0.39 is 0 Å². The summed E-state index contributed by atoms with van der Waals surface area (Å²) in [6.07, 6.45) is 1.58. The van der Waals surface area contributed by atoms with E-state index in [9.17, 15) is 0 Å². The molecule has 0 aliphatic heterocycles. The molecule has 6 heteroatoms. The molecule has 0 spiro atoms. The number of rotatable bonds is 5. The fourth-order valence-electron chi connectivity index (χ4n) is 2.35. The Labute approximate surface area is 132 Å². The van der Waals surface area contributed by atoms with Crippen LogP contribution in [0.25, 0.3) is 10.2 Å². The van der Waals surface area contributed by atoms with Gasteiger partial charge in [0.1, 0.15) is 23.6 Å². The Morgan fingerprint density at radius 3 is 2.77 bits per heavy atom. The Morgan fingerprint density at radius 1 is 1.14 bits per heavy atom. The zero-order valence-corrected chi connectivity index (χ0v) is 13.5. The minimum atomic E-state index is 0.0187. The second-order valence-electron chi connectivity index (χ2n) is 4.83. The van der Waals surface area contributed by atoms with Gasteiger partial charge >= 0.3 is 0 Å². The van der Waals surface area contributed by atoms with E-state index >= 15 is 0 Å². The Morgan fingerprint density at radius 2 is 2.00 bits per heavy atom. The molecule has 114 valence electrons. The quantitative estimate of drug-likeness (QED) is 0.774. The third-order valence-corrected chi connectivity index (χ3v) is 4.41. The summed E-state index contributed by atoms with van der Waals surface area (Å²) < 4.78 is 11.8. The maximum Gasteiger partial charge on any atom is 0.147 e. The predicted octanol–water partition coefficient (Wildman–Crippen LogP) is 3.88. The molecular weight excluding hydrogens is 298 g/mol. The van der Waals surface area contributed by atoms with Crippen LogP contribution >= 0.6 is 11.3 Å². The van der Waals surface area contributed by atoms with Gasteiger partial charge in [0, 0.05) is 5.56 Å². The van der Waals surface area contributed by atoms with Crippen molar-refractivity contribution in [1.82, 2.24) is 9.97 Å². The van der Waals surface area contributed by atoms with Crippen molar-refractivity contribution < 1.29 is 9.47 Å². The summed E-state index contributed by atoms with van der Waals surface area (Å²) in [6, 6.07) is 7.78. The number of nitrogens with zero attached hydrogens (tertiary/aromatic N) is 2. The molecular formula is C16H17N3O2S. The third-order valence-electron chi connectivity index (χ3n) is 3.50. The molecule has 0 bridgehead atoms. The summed E-state index contributed by atoms with van der Waals surface area (Å²) in [4.78, 5) is 8.62. The number of fused-ring (bicyclic) bond motifs is 1. The Bertz CT molecular complexity index is 788. The van der Waals surface area contributed by atoms with Crippen molar-refractivity contribution in [3.63, 3.8) is 0 Å². The molecule has 0 fully saturated rings. The van der Waals surface area contributed by atoms with Crippen LogP contribution in [-0.2, 0) is 0 Å². The van der Waals surface area contributed by atoms with Crippen LogP contribution in [0.2, 0.25) is 0 Å². The second kappa shape index (κ2) is 6.19. The molecule has 0 saturated carbocycles. The van der Waals surface area contributed by atoms with Crippen molar-refractivity contribution in [3.8, 4) is 11.5 Å². The van der Waals surface area contributed by atoms with Crippen LogP contribution in [0.3, 0.4) is 0 Å². The minimum Gasteiger partial charge on any atom is -0.497 e. The average Bonchev–Trinajstić information content (AvgIpc) is 3.03. The van der Waals surface area contributed by atoms with Crippen molar-refractivity contribution in [3.05, 3.63) is 41.5 Å². The molecule has 0 unspecified atom stereocenters. The van der Waals surface area contributed by atoms with Crippen LogP contribution in [0.4, 0.5) is 5.82 Å². The van der Waals surface area contributed by atoms with E-state index in [1.165, 1.54) is 0 Å². The van der Waals surface area contributed by atoms with Gasteiger partial charge in [0.05, 0.1) is 30.5 Å². The molecule has 0 aliphatic carbocycles. The van der Waals surface area contributed by atoms with Gasteiger partial charge in [0.25, 0.3) is 0 Å². The highest BCUT2D eigenvalue weighted by atomic mass is 32.1. The Balaban J connectivity index is 1.94. The lowest BCUT2D eigenvalue weighted by Gasteiger charge is -2.19. The van der Waals surface area contributed by atoms with Gasteiger partial charge in [-0.2, -0.15) is 0 Å². The lowest BCUT2D eigenvalue weighted by molar-refractivity contribution is 0.397. The van der Waals surface area contributed by atoms with Gasteiger partial charge in [-0.1, -0.05) is 0 Å². The van der Waals surface area contributed by atoms with E-state index in [-0.39, 0.29) is 6.04 Å². The lowest BCUT2D eigenvalue weighted by Crippen LogP contribution is -2.09. The molecule has 22 heavy (non-hydrogen) atoms. The Hall–Kier alpha value is -2.34. The van der Waals surface area contributed by atoms with Gasteiger partial charge in [0.15, 0.2) is 0 Å². The standard InChI is InChI=1S/C16H17N3O2S/c1-10(12-8-11(20-2)4-5-14(12)21-3)19-16-15-13(6-7-22-15)17-9-18-16/h4-10H,1-3H3,(H,17,18,19)/t10-/m0/s1. The van der Waals surface area contributed by atoms with Gasteiger partial charge < -0.3 is 14.8 Å². The van der Waals surface area contributed by atoms with Crippen molar-refractivity contribution in [2.75, 3.05) is 19.5 Å². The van der Waals surface area contributed by atoms with Crippen LogP contribution in [0.1, 0.15) is 18.5 Å². The number of nitrogens with one attached hydrogen (secondary N) is 1. The van der Waals surface area contributed by atoms with Crippen LogP contribution in [0.5, 0.6) is 11.5 Å². The fourth-order valence-corrected chi connectivity index (χ4v) is 3.15. The maximum absolute atomic E-state index is 5.45. The van der Waals surface area contributed by atoms with E-state index in [1.54, 1.807) is 31.9 Å². The van der Waals surface area contributed by atoms with Crippen LogP contribution in [-0.4, -0.2) is 24.2 Å². The van der Waals surface area contributed by atoms with Gasteiger partial charge in [-0.3, -0.25) is 0 Å². The molecule has 2 aromatic heterocycles. The molecule has 1 atom stereocenters. The maximum atomic E-state index is 5.45. The molecule has 0 aliphatic rings. The van der Waals surface area contributed by atoms with Crippen molar-refractivity contribution in [2.45, 2.75) is 13.0 Å². The van der Waals surface area contributed by atoms with E-state index in [1.807, 2.05) is 29.6 Å². The number of thiophene rings is 1. The number of hydrogen-bond donors (Lipinski definition) is 1. The van der Waals surface area contributed by atoms with Crippen molar-refractivity contribution >= 4 is 27.4 Å². The highest BCUT2D eigenvalue weighted by Gasteiger charge is 2.15. The number of ether oxygens (including phenoxy) is 2. The number of hydrogen-bond acceptors (Lipinski definition) is 6. The summed E-state index contributed by atoms with van der Waals surface area (Å²) in [5.41, 5.74) is 1.97. The monoisotopic (exact) mass is 315 g/mol. The predicted molar refractivity (Wildman–Crippen MR) is 89.0 cm³/mol. The first-order valence-corrected chi connectivity index (χ1v) is 7.77. The zero-order chi connectivity index (χ0) is 15.5.